The molecule has 0 saturated carbocycles. The van der Waals surface area contributed by atoms with Gasteiger partial charge in [-0.25, -0.2) is 13.1 Å². The van der Waals surface area contributed by atoms with Crippen molar-refractivity contribution >= 4 is 33.3 Å². The van der Waals surface area contributed by atoms with Crippen LogP contribution in [0, 0.1) is 6.92 Å². The second kappa shape index (κ2) is 9.72. The van der Waals surface area contributed by atoms with Gasteiger partial charge in [-0.05, 0) is 43.3 Å². The van der Waals surface area contributed by atoms with Crippen LogP contribution < -0.4 is 10.1 Å². The van der Waals surface area contributed by atoms with Gasteiger partial charge in [0.15, 0.2) is 0 Å². The molecule has 0 bridgehead atoms. The molecule has 8 nitrogen and oxygen atoms in total. The Morgan fingerprint density at radius 3 is 2.50 bits per heavy atom. The number of ether oxygens (including phenoxy) is 1. The predicted molar refractivity (Wildman–Crippen MR) is 124 cm³/mol. The van der Waals surface area contributed by atoms with Crippen molar-refractivity contribution in [3.63, 3.8) is 0 Å². The van der Waals surface area contributed by atoms with Gasteiger partial charge in [0.1, 0.15) is 16.5 Å². The molecule has 10 heteroatoms. The van der Waals surface area contributed by atoms with Crippen molar-refractivity contribution < 1.29 is 17.9 Å². The molecule has 32 heavy (non-hydrogen) atoms. The Morgan fingerprint density at radius 2 is 1.88 bits per heavy atom. The number of sulfonamides is 1. The Morgan fingerprint density at radius 1 is 1.16 bits per heavy atom. The summed E-state index contributed by atoms with van der Waals surface area (Å²) in [6.07, 6.45) is 0. The van der Waals surface area contributed by atoms with Crippen molar-refractivity contribution in [1.82, 2.24) is 14.1 Å². The first-order valence-electron chi connectivity index (χ1n) is 10.0. The molecule has 1 aromatic heterocycles. The lowest BCUT2D eigenvalue weighted by atomic mass is 10.2. The van der Waals surface area contributed by atoms with Crippen LogP contribution >= 0.6 is 11.6 Å². The molecule has 1 heterocycles. The van der Waals surface area contributed by atoms with E-state index < -0.39 is 15.9 Å². The van der Waals surface area contributed by atoms with Gasteiger partial charge in [-0.15, -0.1) is 0 Å². The van der Waals surface area contributed by atoms with Crippen LogP contribution in [0.3, 0.4) is 0 Å². The van der Waals surface area contributed by atoms with Crippen molar-refractivity contribution in [3.05, 3.63) is 64.8 Å². The van der Waals surface area contributed by atoms with Gasteiger partial charge in [0.2, 0.25) is 10.0 Å². The summed E-state index contributed by atoms with van der Waals surface area (Å²) in [5.74, 6) is 0.124. The number of hydrogen-bond donors (Lipinski definition) is 1. The first kappa shape index (κ1) is 23.8. The minimum Gasteiger partial charge on any atom is -0.495 e. The Balaban J connectivity index is 1.98. The smallest absolute Gasteiger partial charge is 0.256 e. The van der Waals surface area contributed by atoms with Crippen LogP contribution in [0.4, 0.5) is 5.82 Å². The van der Waals surface area contributed by atoms with Gasteiger partial charge in [-0.2, -0.15) is 9.40 Å². The van der Waals surface area contributed by atoms with Crippen LogP contribution in [-0.2, 0) is 10.0 Å². The fraction of sp³-hybridized carbons (Fsp3) is 0.273. The maximum atomic E-state index is 13.1. The molecule has 0 aliphatic heterocycles. The van der Waals surface area contributed by atoms with Gasteiger partial charge >= 0.3 is 0 Å². The van der Waals surface area contributed by atoms with E-state index in [0.717, 1.165) is 0 Å². The highest BCUT2D eigenvalue weighted by atomic mass is 35.5. The summed E-state index contributed by atoms with van der Waals surface area (Å²) in [6, 6.07) is 13.1. The highest BCUT2D eigenvalue weighted by Crippen LogP contribution is 2.28. The summed E-state index contributed by atoms with van der Waals surface area (Å²) in [6.45, 7) is 5.92. The first-order valence-corrected chi connectivity index (χ1v) is 11.8. The second-order valence-electron chi connectivity index (χ2n) is 6.97. The SMILES string of the molecule is CCN(CC)S(=O)(=O)c1cc(C(=O)Nc2cc(C)nn2-c2cccc(Cl)c2)ccc1OC. The molecule has 0 radical (unpaired) electrons. The fourth-order valence-electron chi connectivity index (χ4n) is 3.30. The predicted octanol–water partition coefficient (Wildman–Crippen LogP) is 4.13. The van der Waals surface area contributed by atoms with Crippen molar-refractivity contribution in [1.29, 1.82) is 0 Å². The van der Waals surface area contributed by atoms with Crippen LogP contribution in [0.1, 0.15) is 29.9 Å². The third kappa shape index (κ3) is 4.79. The van der Waals surface area contributed by atoms with Gasteiger partial charge < -0.3 is 10.1 Å². The van der Waals surface area contributed by atoms with E-state index in [0.29, 0.717) is 35.3 Å². The van der Waals surface area contributed by atoms with E-state index in [-0.39, 0.29) is 16.2 Å². The normalized spacial score (nSPS) is 11.6. The number of aryl methyl sites for hydroxylation is 1. The third-order valence-electron chi connectivity index (χ3n) is 4.87. The van der Waals surface area contributed by atoms with Crippen LogP contribution in [0.2, 0.25) is 5.02 Å². The van der Waals surface area contributed by atoms with Crippen molar-refractivity contribution in [3.8, 4) is 11.4 Å². The number of aromatic nitrogens is 2. The van der Waals surface area contributed by atoms with Gasteiger partial charge in [-0.3, -0.25) is 4.79 Å². The first-order chi connectivity index (χ1) is 15.2. The topological polar surface area (TPSA) is 93.5 Å². The quantitative estimate of drug-likeness (QED) is 0.527. The Bertz CT molecular complexity index is 1240. The molecule has 0 aliphatic carbocycles. The lowest BCUT2D eigenvalue weighted by molar-refractivity contribution is 0.102. The molecule has 3 rings (SSSR count). The van der Waals surface area contributed by atoms with Crippen LogP contribution in [0.25, 0.3) is 5.69 Å². The van der Waals surface area contributed by atoms with Crippen LogP contribution in [0.15, 0.2) is 53.4 Å². The summed E-state index contributed by atoms with van der Waals surface area (Å²) >= 11 is 6.09. The molecule has 3 aromatic rings. The number of halogens is 1. The number of benzene rings is 2. The minimum atomic E-state index is -3.83. The van der Waals surface area contributed by atoms with E-state index in [2.05, 4.69) is 10.4 Å². The molecular weight excluding hydrogens is 452 g/mol. The van der Waals surface area contributed by atoms with Crippen LogP contribution in [0.5, 0.6) is 5.75 Å². The number of rotatable bonds is 8. The number of amides is 1. The third-order valence-corrected chi connectivity index (χ3v) is 7.18. The second-order valence-corrected chi connectivity index (χ2v) is 9.31. The molecule has 0 unspecified atom stereocenters. The van der Waals surface area contributed by atoms with E-state index in [1.54, 1.807) is 49.7 Å². The number of carbonyl (C=O) groups is 1. The van der Waals surface area contributed by atoms with Crippen molar-refractivity contribution in [2.24, 2.45) is 0 Å². The molecular formula is C22H25ClN4O4S. The number of nitrogens with zero attached hydrogens (tertiary/aromatic N) is 3. The van der Waals surface area contributed by atoms with Crippen molar-refractivity contribution in [2.45, 2.75) is 25.7 Å². The maximum absolute atomic E-state index is 13.1. The zero-order chi connectivity index (χ0) is 23.5. The summed E-state index contributed by atoms with van der Waals surface area (Å²) in [4.78, 5) is 13.0. The summed E-state index contributed by atoms with van der Waals surface area (Å²) in [7, 11) is -2.44. The molecule has 1 amide bonds. The molecule has 0 aliphatic rings. The zero-order valence-electron chi connectivity index (χ0n) is 18.3. The van der Waals surface area contributed by atoms with E-state index in [1.165, 1.54) is 29.6 Å². The summed E-state index contributed by atoms with van der Waals surface area (Å²) in [5, 5.41) is 7.76. The minimum absolute atomic E-state index is 0.0594. The Hall–Kier alpha value is -2.88. The largest absolute Gasteiger partial charge is 0.495 e. The summed E-state index contributed by atoms with van der Waals surface area (Å²) in [5.41, 5.74) is 1.55. The molecule has 1 N–H and O–H groups in total. The number of nitrogens with one attached hydrogen (secondary N) is 1. The average Bonchev–Trinajstić information content (AvgIpc) is 3.13. The van der Waals surface area contributed by atoms with E-state index in [9.17, 15) is 13.2 Å². The maximum Gasteiger partial charge on any atom is 0.256 e. The van der Waals surface area contributed by atoms with Gasteiger partial charge in [0, 0.05) is 29.7 Å². The summed E-state index contributed by atoms with van der Waals surface area (Å²) < 4.78 is 34.3. The van der Waals surface area contributed by atoms with Gasteiger partial charge in [-0.1, -0.05) is 31.5 Å². The Labute approximate surface area is 192 Å². The van der Waals surface area contributed by atoms with Gasteiger partial charge in [0.25, 0.3) is 5.91 Å². The fourth-order valence-corrected chi connectivity index (χ4v) is 5.13. The molecule has 0 atom stereocenters. The zero-order valence-corrected chi connectivity index (χ0v) is 19.9. The number of hydrogen-bond acceptors (Lipinski definition) is 5. The Kier molecular flexibility index (Phi) is 7.22. The monoisotopic (exact) mass is 476 g/mol. The highest BCUT2D eigenvalue weighted by molar-refractivity contribution is 7.89. The van der Waals surface area contributed by atoms with Gasteiger partial charge in [0.05, 0.1) is 18.5 Å². The number of methoxy groups -OCH3 is 1. The van der Waals surface area contributed by atoms with E-state index in [4.69, 9.17) is 16.3 Å². The van der Waals surface area contributed by atoms with E-state index in [1.807, 2.05) is 6.07 Å². The standard InChI is InChI=1S/C22H25ClN4O4S/c1-5-26(6-2)32(29,30)20-13-16(10-11-19(20)31-4)22(28)24-21-12-15(3)25-27(21)18-9-7-8-17(23)14-18/h7-14H,5-6H2,1-4H3,(H,24,28). The van der Waals surface area contributed by atoms with Crippen molar-refractivity contribution in [2.75, 3.05) is 25.5 Å². The molecule has 0 spiro atoms. The van der Waals surface area contributed by atoms with Crippen LogP contribution in [-0.4, -0.2) is 48.6 Å². The number of carbonyl (C=O) groups excluding carboxylic acids is 1. The van der Waals surface area contributed by atoms with E-state index >= 15 is 0 Å². The average molecular weight is 477 g/mol. The lowest BCUT2D eigenvalue weighted by Crippen LogP contribution is -2.31. The highest BCUT2D eigenvalue weighted by Gasteiger charge is 2.27. The molecule has 0 fully saturated rings. The lowest BCUT2D eigenvalue weighted by Gasteiger charge is -2.20. The molecule has 170 valence electrons. The molecule has 0 saturated heterocycles. The number of anilines is 1. The molecule has 2 aromatic carbocycles.